The summed E-state index contributed by atoms with van der Waals surface area (Å²) >= 11 is 0. The molecule has 0 amide bonds. The molecular weight excluding hydrogens is 112 g/mol. The highest BCUT2D eigenvalue weighted by atomic mass is 16.3. The first-order valence-electron chi connectivity index (χ1n) is 3.66. The molecule has 0 bridgehead atoms. The average Bonchev–Trinajstić information content (AvgIpc) is 2.07. The Labute approximate surface area is 57.1 Å². The zero-order valence-electron chi connectivity index (χ0n) is 6.68. The van der Waals surface area contributed by atoms with Gasteiger partial charge >= 0.3 is 0 Å². The van der Waals surface area contributed by atoms with Crippen molar-refractivity contribution < 1.29 is 5.11 Å². The summed E-state index contributed by atoms with van der Waals surface area (Å²) in [5.74, 6) is 1.25. The highest BCUT2D eigenvalue weighted by Gasteiger charge is 2.56. The third-order valence-corrected chi connectivity index (χ3v) is 2.98. The van der Waals surface area contributed by atoms with E-state index in [4.69, 9.17) is 0 Å². The second-order valence-corrected chi connectivity index (χ2v) is 3.88. The van der Waals surface area contributed by atoms with Crippen molar-refractivity contribution in [1.29, 1.82) is 0 Å². The van der Waals surface area contributed by atoms with Crippen molar-refractivity contribution in [3.05, 3.63) is 0 Å². The summed E-state index contributed by atoms with van der Waals surface area (Å²) in [7, 11) is 0. The second-order valence-electron chi connectivity index (χ2n) is 3.88. The number of aliphatic hydroxyl groups excluding tert-OH is 1. The normalized spacial score (nSPS) is 42.3. The Balaban J connectivity index is 2.52. The molecule has 1 unspecified atom stereocenters. The van der Waals surface area contributed by atoms with Gasteiger partial charge in [-0.1, -0.05) is 20.8 Å². The Bertz CT molecular complexity index is 116. The number of hydrogen-bond acceptors (Lipinski definition) is 1. The Morgan fingerprint density at radius 1 is 1.44 bits per heavy atom. The summed E-state index contributed by atoms with van der Waals surface area (Å²) in [4.78, 5) is 0. The molecule has 1 N–H and O–H groups in total. The van der Waals surface area contributed by atoms with Gasteiger partial charge in [-0.3, -0.25) is 0 Å². The molecule has 0 heterocycles. The van der Waals surface area contributed by atoms with E-state index in [2.05, 4.69) is 20.8 Å². The molecule has 1 fully saturated rings. The van der Waals surface area contributed by atoms with Crippen LogP contribution in [0.2, 0.25) is 0 Å². The van der Waals surface area contributed by atoms with Gasteiger partial charge in [0.1, 0.15) is 0 Å². The van der Waals surface area contributed by atoms with E-state index in [9.17, 15) is 5.11 Å². The molecule has 1 nitrogen and oxygen atoms in total. The molecule has 1 aliphatic rings. The van der Waals surface area contributed by atoms with E-state index < -0.39 is 0 Å². The lowest BCUT2D eigenvalue weighted by Gasteiger charge is -2.03. The van der Waals surface area contributed by atoms with Crippen molar-refractivity contribution in [2.75, 3.05) is 0 Å². The molecule has 0 aromatic heterocycles. The van der Waals surface area contributed by atoms with Crippen LogP contribution in [0.25, 0.3) is 0 Å². The van der Waals surface area contributed by atoms with E-state index in [0.29, 0.717) is 17.3 Å². The highest BCUT2D eigenvalue weighted by Crippen LogP contribution is 2.59. The molecule has 0 saturated heterocycles. The van der Waals surface area contributed by atoms with Crippen LogP contribution >= 0.6 is 0 Å². The van der Waals surface area contributed by atoms with Crippen LogP contribution in [0.15, 0.2) is 0 Å². The molecule has 0 radical (unpaired) electrons. The van der Waals surface area contributed by atoms with Gasteiger partial charge in [0.05, 0.1) is 6.10 Å². The van der Waals surface area contributed by atoms with Crippen LogP contribution < -0.4 is 0 Å². The summed E-state index contributed by atoms with van der Waals surface area (Å²) in [6, 6.07) is 0. The fourth-order valence-corrected chi connectivity index (χ4v) is 1.98. The minimum atomic E-state index is -0.116. The maximum Gasteiger partial charge on any atom is 0.0548 e. The average molecular weight is 128 g/mol. The fourth-order valence-electron chi connectivity index (χ4n) is 1.98. The molecule has 9 heavy (non-hydrogen) atoms. The first-order chi connectivity index (χ1) is 3.98. The maximum absolute atomic E-state index is 9.20. The van der Waals surface area contributed by atoms with Crippen LogP contribution in [0.3, 0.4) is 0 Å². The van der Waals surface area contributed by atoms with Gasteiger partial charge < -0.3 is 5.11 Å². The standard InChI is InChI=1S/C8H16O/c1-5-7(6(2)9)8(5,3)4/h5-7,9H,1-4H3/t5?,6-,7+/m0/s1. The van der Waals surface area contributed by atoms with Crippen molar-refractivity contribution >= 4 is 0 Å². The predicted molar refractivity (Wildman–Crippen MR) is 38.1 cm³/mol. The van der Waals surface area contributed by atoms with Gasteiger partial charge in [-0.05, 0) is 24.2 Å². The largest absolute Gasteiger partial charge is 0.393 e. The molecule has 1 aliphatic carbocycles. The van der Waals surface area contributed by atoms with Crippen LogP contribution in [-0.4, -0.2) is 11.2 Å². The van der Waals surface area contributed by atoms with Gasteiger partial charge in [0.25, 0.3) is 0 Å². The summed E-state index contributed by atoms with van der Waals surface area (Å²) < 4.78 is 0. The third-order valence-electron chi connectivity index (χ3n) is 2.98. The molecule has 3 atom stereocenters. The van der Waals surface area contributed by atoms with Gasteiger partial charge in [0.2, 0.25) is 0 Å². The second kappa shape index (κ2) is 1.72. The Morgan fingerprint density at radius 3 is 1.78 bits per heavy atom. The van der Waals surface area contributed by atoms with E-state index >= 15 is 0 Å². The van der Waals surface area contributed by atoms with Crippen LogP contribution in [0.5, 0.6) is 0 Å². The minimum Gasteiger partial charge on any atom is -0.393 e. The van der Waals surface area contributed by atoms with Crippen molar-refractivity contribution in [3.63, 3.8) is 0 Å². The summed E-state index contributed by atoms with van der Waals surface area (Å²) in [5, 5.41) is 9.20. The lowest BCUT2D eigenvalue weighted by Crippen LogP contribution is -2.07. The number of rotatable bonds is 1. The monoisotopic (exact) mass is 128 g/mol. The zero-order chi connectivity index (χ0) is 7.23. The van der Waals surface area contributed by atoms with Crippen molar-refractivity contribution in [1.82, 2.24) is 0 Å². The maximum atomic E-state index is 9.20. The molecule has 1 heteroatoms. The summed E-state index contributed by atoms with van der Waals surface area (Å²) in [5.41, 5.74) is 0.397. The van der Waals surface area contributed by atoms with Gasteiger partial charge in [0.15, 0.2) is 0 Å². The first-order valence-corrected chi connectivity index (χ1v) is 3.66. The fraction of sp³-hybridized carbons (Fsp3) is 1.00. The smallest absolute Gasteiger partial charge is 0.0548 e. The van der Waals surface area contributed by atoms with Gasteiger partial charge in [-0.25, -0.2) is 0 Å². The Hall–Kier alpha value is -0.0400. The Morgan fingerprint density at radius 2 is 1.78 bits per heavy atom. The molecule has 0 aromatic carbocycles. The molecule has 0 aliphatic heterocycles. The van der Waals surface area contributed by atoms with E-state index in [1.807, 2.05) is 6.92 Å². The number of hydrogen-bond donors (Lipinski definition) is 1. The predicted octanol–water partition coefficient (Wildman–Crippen LogP) is 1.66. The van der Waals surface area contributed by atoms with E-state index in [-0.39, 0.29) is 6.10 Å². The third kappa shape index (κ3) is 0.877. The Kier molecular flexibility index (Phi) is 1.35. The lowest BCUT2D eigenvalue weighted by atomic mass is 10.1. The summed E-state index contributed by atoms with van der Waals surface area (Å²) in [6.45, 7) is 8.53. The van der Waals surface area contributed by atoms with Crippen LogP contribution in [0.4, 0.5) is 0 Å². The van der Waals surface area contributed by atoms with Gasteiger partial charge in [-0.15, -0.1) is 0 Å². The molecule has 0 spiro atoms. The van der Waals surface area contributed by atoms with Crippen molar-refractivity contribution in [2.45, 2.75) is 33.8 Å². The van der Waals surface area contributed by atoms with E-state index in [0.717, 1.165) is 0 Å². The van der Waals surface area contributed by atoms with Crippen LogP contribution in [-0.2, 0) is 0 Å². The molecule has 54 valence electrons. The van der Waals surface area contributed by atoms with E-state index in [1.165, 1.54) is 0 Å². The van der Waals surface area contributed by atoms with Gasteiger partial charge in [-0.2, -0.15) is 0 Å². The molecule has 0 aromatic rings. The quantitative estimate of drug-likeness (QED) is 0.569. The molecule has 1 saturated carbocycles. The van der Waals surface area contributed by atoms with E-state index in [1.54, 1.807) is 0 Å². The lowest BCUT2D eigenvalue weighted by molar-refractivity contribution is 0.153. The highest BCUT2D eigenvalue weighted by molar-refractivity contribution is 5.04. The SMILES string of the molecule is CC1[C@H]([C@H](C)O)C1(C)C. The summed E-state index contributed by atoms with van der Waals surface area (Å²) in [6.07, 6.45) is -0.116. The molecular formula is C8H16O. The number of aliphatic hydroxyl groups is 1. The first kappa shape index (κ1) is 7.07. The van der Waals surface area contributed by atoms with Crippen LogP contribution in [0.1, 0.15) is 27.7 Å². The van der Waals surface area contributed by atoms with Crippen molar-refractivity contribution in [3.8, 4) is 0 Å². The zero-order valence-corrected chi connectivity index (χ0v) is 6.68. The van der Waals surface area contributed by atoms with Crippen molar-refractivity contribution in [2.24, 2.45) is 17.3 Å². The topological polar surface area (TPSA) is 20.2 Å². The minimum absolute atomic E-state index is 0.116. The van der Waals surface area contributed by atoms with Gasteiger partial charge in [0, 0.05) is 0 Å². The molecule has 1 rings (SSSR count). The van der Waals surface area contributed by atoms with Crippen LogP contribution in [0, 0.1) is 17.3 Å².